The maximum atomic E-state index is 10.7. The molecule has 0 saturated heterocycles. The molecule has 0 radical (unpaired) electrons. The molecule has 15 heavy (non-hydrogen) atoms. The Kier molecular flexibility index (Phi) is 4.36. The van der Waals surface area contributed by atoms with Crippen LogP contribution in [0.5, 0.6) is 0 Å². The van der Waals surface area contributed by atoms with Crippen LogP contribution in [0.2, 0.25) is 0 Å². The number of unbranched alkanes of at least 4 members (excludes halogenated alkanes) is 1. The molecule has 2 N–H and O–H groups in total. The van der Waals surface area contributed by atoms with E-state index >= 15 is 0 Å². The van der Waals surface area contributed by atoms with Crippen molar-refractivity contribution in [1.82, 2.24) is 24.9 Å². The van der Waals surface area contributed by atoms with E-state index in [9.17, 15) is 8.42 Å². The second-order valence-electron chi connectivity index (χ2n) is 3.11. The number of H-pyrrole nitrogens is 1. The molecule has 0 aliphatic rings. The van der Waals surface area contributed by atoms with Crippen LogP contribution in [0.3, 0.4) is 0 Å². The van der Waals surface area contributed by atoms with Crippen molar-refractivity contribution in [1.29, 1.82) is 0 Å². The molecule has 0 unspecified atom stereocenters. The molecule has 0 amide bonds. The summed E-state index contributed by atoms with van der Waals surface area (Å²) in [7, 11) is -3.08. The third kappa shape index (κ3) is 5.00. The highest BCUT2D eigenvalue weighted by Gasteiger charge is 1.99. The topological polar surface area (TPSA) is 92.7 Å². The fourth-order valence-electron chi connectivity index (χ4n) is 1.01. The van der Waals surface area contributed by atoms with Gasteiger partial charge in [-0.1, -0.05) is 10.3 Å². The van der Waals surface area contributed by atoms with Gasteiger partial charge >= 0.3 is 0 Å². The molecule has 7 nitrogen and oxygen atoms in total. The molecule has 1 aromatic rings. The van der Waals surface area contributed by atoms with E-state index < -0.39 is 10.0 Å². The Labute approximate surface area is 92.9 Å². The van der Waals surface area contributed by atoms with Crippen LogP contribution in [0.25, 0.3) is 0 Å². The summed E-state index contributed by atoms with van der Waals surface area (Å²) in [5.41, 5.74) is 0. The van der Waals surface area contributed by atoms with Crippen molar-refractivity contribution in [3.63, 3.8) is 0 Å². The Hall–Kier alpha value is -0.800. The van der Waals surface area contributed by atoms with Gasteiger partial charge < -0.3 is 0 Å². The minimum atomic E-state index is -3.08. The van der Waals surface area contributed by atoms with Gasteiger partial charge in [-0.2, -0.15) is 5.21 Å². The zero-order valence-corrected chi connectivity index (χ0v) is 9.94. The zero-order chi connectivity index (χ0) is 11.3. The Bertz CT molecular complexity index is 448. The van der Waals surface area contributed by atoms with Gasteiger partial charge in [0.2, 0.25) is 14.8 Å². The quantitative estimate of drug-likeness (QED) is 0.533. The minimum absolute atomic E-state index is 0.408. The first-order valence-corrected chi connectivity index (χ1v) is 6.71. The summed E-state index contributed by atoms with van der Waals surface area (Å²) in [5.74, 6) is 0. The molecule has 1 rings (SSSR count). The number of rotatable bonds is 6. The first-order chi connectivity index (χ1) is 6.99. The lowest BCUT2D eigenvalue weighted by atomic mass is 10.3. The number of tetrazole rings is 1. The molecular weight excluding hydrogens is 238 g/mol. The van der Waals surface area contributed by atoms with Crippen LogP contribution in [0, 0.1) is 4.77 Å². The highest BCUT2D eigenvalue weighted by Crippen LogP contribution is 1.93. The van der Waals surface area contributed by atoms with E-state index in [1.54, 1.807) is 4.68 Å². The Balaban J connectivity index is 2.18. The number of hydrogen-bond acceptors (Lipinski definition) is 5. The van der Waals surface area contributed by atoms with E-state index in [0.717, 1.165) is 19.1 Å². The summed E-state index contributed by atoms with van der Waals surface area (Å²) in [5, 5.41) is 9.77. The summed E-state index contributed by atoms with van der Waals surface area (Å²) >= 11 is 4.87. The number of nitrogens with one attached hydrogen (secondary N) is 2. The second-order valence-corrected chi connectivity index (χ2v) is 5.31. The average Bonchev–Trinajstić information content (AvgIpc) is 2.49. The van der Waals surface area contributed by atoms with Gasteiger partial charge in [-0.3, -0.25) is 0 Å². The van der Waals surface area contributed by atoms with Gasteiger partial charge in [-0.15, -0.1) is 0 Å². The molecule has 0 aliphatic carbocycles. The Morgan fingerprint density at radius 1 is 1.53 bits per heavy atom. The van der Waals surface area contributed by atoms with Crippen LogP contribution in [0.1, 0.15) is 12.8 Å². The SMILES string of the molecule is CS(=O)(=O)NCCCCn1[nH]nnc1=S. The lowest BCUT2D eigenvalue weighted by molar-refractivity contribution is 0.530. The van der Waals surface area contributed by atoms with Crippen LogP contribution in [0.4, 0.5) is 0 Å². The van der Waals surface area contributed by atoms with E-state index in [1.165, 1.54) is 0 Å². The van der Waals surface area contributed by atoms with Crippen molar-refractivity contribution in [3.05, 3.63) is 4.77 Å². The van der Waals surface area contributed by atoms with Gasteiger partial charge in [-0.25, -0.2) is 17.8 Å². The first kappa shape index (κ1) is 12.3. The number of sulfonamides is 1. The second kappa shape index (κ2) is 5.33. The predicted octanol–water partition coefficient (Wildman–Crippen LogP) is -0.335. The molecule has 0 aliphatic heterocycles. The first-order valence-electron chi connectivity index (χ1n) is 4.41. The molecule has 0 atom stereocenters. The highest BCUT2D eigenvalue weighted by atomic mass is 32.2. The van der Waals surface area contributed by atoms with Crippen LogP contribution in [0.15, 0.2) is 0 Å². The van der Waals surface area contributed by atoms with Crippen LogP contribution >= 0.6 is 12.2 Å². The molecule has 1 heterocycles. The van der Waals surface area contributed by atoms with Crippen molar-refractivity contribution < 1.29 is 8.42 Å². The van der Waals surface area contributed by atoms with Crippen LogP contribution in [-0.4, -0.2) is 41.4 Å². The van der Waals surface area contributed by atoms with Crippen molar-refractivity contribution >= 4 is 22.2 Å². The van der Waals surface area contributed by atoms with Crippen molar-refractivity contribution in [2.24, 2.45) is 0 Å². The summed E-state index contributed by atoms with van der Waals surface area (Å²) in [6.45, 7) is 1.10. The number of aryl methyl sites for hydroxylation is 1. The van der Waals surface area contributed by atoms with Gasteiger partial charge in [0.05, 0.1) is 6.26 Å². The number of nitrogens with zero attached hydrogens (tertiary/aromatic N) is 3. The molecule has 86 valence electrons. The molecule has 9 heteroatoms. The smallest absolute Gasteiger partial charge is 0.238 e. The predicted molar refractivity (Wildman–Crippen MR) is 57.3 cm³/mol. The summed E-state index contributed by atoms with van der Waals surface area (Å²) < 4.78 is 25.9. The molecule has 0 bridgehead atoms. The molecule has 0 fully saturated rings. The van der Waals surface area contributed by atoms with Crippen molar-refractivity contribution in [3.8, 4) is 0 Å². The highest BCUT2D eigenvalue weighted by molar-refractivity contribution is 7.88. The van der Waals surface area contributed by atoms with E-state index in [4.69, 9.17) is 12.2 Å². The van der Waals surface area contributed by atoms with Gasteiger partial charge in [0.1, 0.15) is 0 Å². The Morgan fingerprint density at radius 2 is 2.27 bits per heavy atom. The summed E-state index contributed by atoms with van der Waals surface area (Å²) in [6.07, 6.45) is 2.69. The number of aromatic amines is 1. The van der Waals surface area contributed by atoms with E-state index in [2.05, 4.69) is 20.2 Å². The largest absolute Gasteiger partial charge is 0.242 e. The Morgan fingerprint density at radius 3 is 2.80 bits per heavy atom. The maximum absolute atomic E-state index is 10.7. The summed E-state index contributed by atoms with van der Waals surface area (Å²) in [6, 6.07) is 0. The minimum Gasteiger partial charge on any atom is -0.242 e. The van der Waals surface area contributed by atoms with Crippen molar-refractivity contribution in [2.75, 3.05) is 12.8 Å². The molecule has 0 saturated carbocycles. The lowest BCUT2D eigenvalue weighted by Crippen LogP contribution is -2.23. The van der Waals surface area contributed by atoms with Gasteiger partial charge in [-0.05, 0) is 25.1 Å². The van der Waals surface area contributed by atoms with Gasteiger partial charge in [0, 0.05) is 13.1 Å². The third-order valence-corrected chi connectivity index (χ3v) is 2.74. The fraction of sp³-hybridized carbons (Fsp3) is 0.833. The van der Waals surface area contributed by atoms with E-state index in [1.807, 2.05) is 0 Å². The monoisotopic (exact) mass is 251 g/mol. The van der Waals surface area contributed by atoms with Crippen molar-refractivity contribution in [2.45, 2.75) is 19.4 Å². The third-order valence-electron chi connectivity index (χ3n) is 1.70. The van der Waals surface area contributed by atoms with Crippen LogP contribution in [-0.2, 0) is 16.6 Å². The number of aromatic nitrogens is 4. The van der Waals surface area contributed by atoms with Gasteiger partial charge in [0.25, 0.3) is 0 Å². The normalized spacial score (nSPS) is 11.8. The van der Waals surface area contributed by atoms with E-state index in [0.29, 0.717) is 17.9 Å². The van der Waals surface area contributed by atoms with E-state index in [-0.39, 0.29) is 0 Å². The standard InChI is InChI=1S/C6H13N5O2S2/c1-15(12,13)7-4-2-3-5-11-6(14)8-9-10-11/h7H,2-5H2,1H3,(H,8,10,14). The molecular formula is C6H13N5O2S2. The lowest BCUT2D eigenvalue weighted by Gasteiger charge is -2.02. The fourth-order valence-corrected chi connectivity index (χ4v) is 1.70. The number of hydrogen-bond donors (Lipinski definition) is 2. The van der Waals surface area contributed by atoms with Gasteiger partial charge in [0.15, 0.2) is 0 Å². The molecule has 0 aromatic carbocycles. The van der Waals surface area contributed by atoms with Crippen LogP contribution < -0.4 is 4.72 Å². The average molecular weight is 251 g/mol. The zero-order valence-electron chi connectivity index (χ0n) is 8.30. The molecule has 0 spiro atoms. The molecule has 1 aromatic heterocycles. The summed E-state index contributed by atoms with van der Waals surface area (Å²) in [4.78, 5) is 0. The maximum Gasteiger partial charge on any atom is 0.238 e.